The van der Waals surface area contributed by atoms with Crippen LogP contribution in [0.15, 0.2) is 42.7 Å². The van der Waals surface area contributed by atoms with Crippen molar-refractivity contribution in [2.24, 2.45) is 0 Å². The van der Waals surface area contributed by atoms with E-state index in [1.807, 2.05) is 30.6 Å². The molecule has 116 valence electrons. The number of phenolic OH excluding ortho intramolecular Hbond substituents is 1. The van der Waals surface area contributed by atoms with Crippen LogP contribution in [0.2, 0.25) is 0 Å². The second-order valence-electron chi connectivity index (χ2n) is 5.74. The van der Waals surface area contributed by atoms with Gasteiger partial charge in [0.2, 0.25) is 0 Å². The maximum Gasteiger partial charge on any atom is 0.162 e. The Kier molecular flexibility index (Phi) is 4.59. The molecule has 0 unspecified atom stereocenters. The number of pyridine rings is 1. The maximum absolute atomic E-state index is 10.3. The standard InChI is InChI=1S/C18H22N2O2/c1-22-17-9-4-6-15(18(17)21)13-20-11-3-2-8-16(20)14-7-5-10-19-12-14/h4-7,9-10,12,16,21H,2-3,8,11,13H2,1H3/t16-/m1/s1. The van der Waals surface area contributed by atoms with Crippen LogP contribution in [0.5, 0.6) is 11.5 Å². The van der Waals surface area contributed by atoms with Crippen molar-refractivity contribution in [2.45, 2.75) is 31.8 Å². The van der Waals surface area contributed by atoms with Crippen LogP contribution >= 0.6 is 0 Å². The van der Waals surface area contributed by atoms with Crippen LogP contribution in [-0.4, -0.2) is 28.6 Å². The van der Waals surface area contributed by atoms with Crippen molar-refractivity contribution in [1.82, 2.24) is 9.88 Å². The van der Waals surface area contributed by atoms with Crippen LogP contribution in [-0.2, 0) is 6.54 Å². The van der Waals surface area contributed by atoms with Crippen molar-refractivity contribution in [1.29, 1.82) is 0 Å². The third-order valence-electron chi connectivity index (χ3n) is 4.36. The summed E-state index contributed by atoms with van der Waals surface area (Å²) in [5, 5.41) is 10.3. The van der Waals surface area contributed by atoms with Gasteiger partial charge in [-0.2, -0.15) is 0 Å². The lowest BCUT2D eigenvalue weighted by molar-refractivity contribution is 0.138. The second-order valence-corrected chi connectivity index (χ2v) is 5.74. The first-order chi connectivity index (χ1) is 10.8. The summed E-state index contributed by atoms with van der Waals surface area (Å²) in [6.45, 7) is 1.76. The number of ether oxygens (including phenoxy) is 1. The predicted octanol–water partition coefficient (Wildman–Crippen LogP) is 3.52. The van der Waals surface area contributed by atoms with Crippen molar-refractivity contribution in [3.63, 3.8) is 0 Å². The highest BCUT2D eigenvalue weighted by atomic mass is 16.5. The van der Waals surface area contributed by atoms with Gasteiger partial charge in [0.05, 0.1) is 7.11 Å². The fourth-order valence-electron chi connectivity index (χ4n) is 3.21. The van der Waals surface area contributed by atoms with E-state index in [1.54, 1.807) is 13.2 Å². The summed E-state index contributed by atoms with van der Waals surface area (Å²) in [6.07, 6.45) is 7.33. The van der Waals surface area contributed by atoms with E-state index >= 15 is 0 Å². The molecule has 3 rings (SSSR count). The summed E-state index contributed by atoms with van der Waals surface area (Å²) in [5.74, 6) is 0.785. The van der Waals surface area contributed by atoms with Crippen LogP contribution in [0.1, 0.15) is 36.4 Å². The molecule has 1 aliphatic rings. The van der Waals surface area contributed by atoms with Crippen molar-refractivity contribution in [3.8, 4) is 11.5 Å². The van der Waals surface area contributed by atoms with Crippen molar-refractivity contribution < 1.29 is 9.84 Å². The normalized spacial score (nSPS) is 19.0. The molecular weight excluding hydrogens is 276 g/mol. The number of aromatic hydroxyl groups is 1. The first kappa shape index (κ1) is 14.9. The average molecular weight is 298 g/mol. The first-order valence-corrected chi connectivity index (χ1v) is 7.78. The van der Waals surface area contributed by atoms with E-state index < -0.39 is 0 Å². The molecule has 22 heavy (non-hydrogen) atoms. The van der Waals surface area contributed by atoms with E-state index in [0.717, 1.165) is 25.1 Å². The summed E-state index contributed by atoms with van der Waals surface area (Å²) < 4.78 is 5.21. The van der Waals surface area contributed by atoms with Crippen LogP contribution in [0.25, 0.3) is 0 Å². The number of piperidine rings is 1. The van der Waals surface area contributed by atoms with Gasteiger partial charge in [0, 0.05) is 30.5 Å². The number of likely N-dealkylation sites (tertiary alicyclic amines) is 1. The Morgan fingerprint density at radius 1 is 1.27 bits per heavy atom. The zero-order valence-electron chi connectivity index (χ0n) is 12.9. The molecule has 4 heteroatoms. The molecule has 0 spiro atoms. The molecule has 1 N–H and O–H groups in total. The molecule has 1 aliphatic heterocycles. The van der Waals surface area contributed by atoms with E-state index in [9.17, 15) is 5.11 Å². The monoisotopic (exact) mass is 298 g/mol. The van der Waals surface area contributed by atoms with Gasteiger partial charge in [0.15, 0.2) is 11.5 Å². The molecular formula is C18H22N2O2. The minimum absolute atomic E-state index is 0.250. The van der Waals surface area contributed by atoms with E-state index in [1.165, 1.54) is 18.4 Å². The van der Waals surface area contributed by atoms with Gasteiger partial charge in [-0.05, 0) is 37.1 Å². The van der Waals surface area contributed by atoms with Gasteiger partial charge in [0.1, 0.15) is 0 Å². The molecule has 1 aromatic carbocycles. The molecule has 1 fully saturated rings. The number of benzene rings is 1. The van der Waals surface area contributed by atoms with Gasteiger partial charge in [-0.1, -0.05) is 24.6 Å². The van der Waals surface area contributed by atoms with Gasteiger partial charge >= 0.3 is 0 Å². The molecule has 0 bridgehead atoms. The minimum Gasteiger partial charge on any atom is -0.504 e. The fourth-order valence-corrected chi connectivity index (χ4v) is 3.21. The van der Waals surface area contributed by atoms with Crippen LogP contribution in [0.3, 0.4) is 0 Å². The van der Waals surface area contributed by atoms with Gasteiger partial charge < -0.3 is 9.84 Å². The highest BCUT2D eigenvalue weighted by molar-refractivity contribution is 5.45. The zero-order chi connectivity index (χ0) is 15.4. The minimum atomic E-state index is 0.250. The summed E-state index contributed by atoms with van der Waals surface area (Å²) in [7, 11) is 1.58. The van der Waals surface area contributed by atoms with Gasteiger partial charge in [0.25, 0.3) is 0 Å². The first-order valence-electron chi connectivity index (χ1n) is 7.78. The van der Waals surface area contributed by atoms with Crippen LogP contribution < -0.4 is 4.74 Å². The number of methoxy groups -OCH3 is 1. The Morgan fingerprint density at radius 3 is 2.95 bits per heavy atom. The van der Waals surface area contributed by atoms with Gasteiger partial charge in [-0.15, -0.1) is 0 Å². The molecule has 1 aromatic heterocycles. The number of phenols is 1. The summed E-state index contributed by atoms with van der Waals surface area (Å²) in [6, 6.07) is 10.2. The number of nitrogens with zero attached hydrogens (tertiary/aromatic N) is 2. The highest BCUT2D eigenvalue weighted by Crippen LogP contribution is 2.35. The molecule has 0 radical (unpaired) electrons. The molecule has 2 aromatic rings. The topological polar surface area (TPSA) is 45.6 Å². The Bertz CT molecular complexity index is 616. The smallest absolute Gasteiger partial charge is 0.162 e. The molecule has 2 heterocycles. The lowest BCUT2D eigenvalue weighted by atomic mass is 9.95. The van der Waals surface area contributed by atoms with E-state index in [-0.39, 0.29) is 5.75 Å². The second kappa shape index (κ2) is 6.79. The molecule has 0 saturated carbocycles. The Morgan fingerprint density at radius 2 is 2.18 bits per heavy atom. The van der Waals surface area contributed by atoms with Crippen molar-refractivity contribution in [3.05, 3.63) is 53.9 Å². The van der Waals surface area contributed by atoms with Gasteiger partial charge in [-0.3, -0.25) is 9.88 Å². The number of hydrogen-bond donors (Lipinski definition) is 1. The summed E-state index contributed by atoms with van der Waals surface area (Å²) >= 11 is 0. The largest absolute Gasteiger partial charge is 0.504 e. The van der Waals surface area contributed by atoms with Gasteiger partial charge in [-0.25, -0.2) is 0 Å². The molecule has 0 amide bonds. The highest BCUT2D eigenvalue weighted by Gasteiger charge is 2.25. The lowest BCUT2D eigenvalue weighted by Gasteiger charge is -2.36. The Balaban J connectivity index is 1.83. The Labute approximate surface area is 131 Å². The lowest BCUT2D eigenvalue weighted by Crippen LogP contribution is -2.33. The average Bonchev–Trinajstić information content (AvgIpc) is 2.58. The SMILES string of the molecule is COc1cccc(CN2CCCC[C@@H]2c2cccnc2)c1O. The predicted molar refractivity (Wildman–Crippen MR) is 85.9 cm³/mol. The molecule has 4 nitrogen and oxygen atoms in total. The van der Waals surface area contributed by atoms with E-state index in [0.29, 0.717) is 11.8 Å². The van der Waals surface area contributed by atoms with Crippen LogP contribution in [0, 0.1) is 0 Å². The zero-order valence-corrected chi connectivity index (χ0v) is 12.9. The summed E-state index contributed by atoms with van der Waals surface area (Å²) in [4.78, 5) is 6.68. The fraction of sp³-hybridized carbons (Fsp3) is 0.389. The van der Waals surface area contributed by atoms with Crippen molar-refractivity contribution in [2.75, 3.05) is 13.7 Å². The number of hydrogen-bond acceptors (Lipinski definition) is 4. The third-order valence-corrected chi connectivity index (χ3v) is 4.36. The van der Waals surface area contributed by atoms with Crippen LogP contribution in [0.4, 0.5) is 0 Å². The summed E-state index contributed by atoms with van der Waals surface area (Å²) in [5.41, 5.74) is 2.17. The molecule has 1 saturated heterocycles. The maximum atomic E-state index is 10.3. The third kappa shape index (κ3) is 3.07. The quantitative estimate of drug-likeness (QED) is 0.938. The van der Waals surface area contributed by atoms with E-state index in [2.05, 4.69) is 16.0 Å². The molecule has 0 aliphatic carbocycles. The number of rotatable bonds is 4. The Hall–Kier alpha value is -2.07. The van der Waals surface area contributed by atoms with E-state index in [4.69, 9.17) is 4.74 Å². The van der Waals surface area contributed by atoms with Crippen molar-refractivity contribution >= 4 is 0 Å². The molecule has 1 atom stereocenters. The number of para-hydroxylation sites is 1. The number of aromatic nitrogens is 1.